The van der Waals surface area contributed by atoms with E-state index in [-0.39, 0.29) is 39.0 Å². The van der Waals surface area contributed by atoms with E-state index in [4.69, 9.17) is 11.6 Å². The van der Waals surface area contributed by atoms with Crippen molar-refractivity contribution < 1.29 is 19.6 Å². The third-order valence-electron chi connectivity index (χ3n) is 3.73. The van der Waals surface area contributed by atoms with Gasteiger partial charge in [-0.3, -0.25) is 24.6 Å². The minimum atomic E-state index is -0.598. The lowest BCUT2D eigenvalue weighted by Crippen LogP contribution is -2.27. The standard InChI is InChI=1S/C17H10BrClN2O5S/c18-11-5-10(15(22)12(19)7-11)6-14-16(23)20(17(24)27-14)8-9-3-1-2-4-13(9)21(25)26/h1-7,22H,8H2/b14-6-. The van der Waals surface area contributed by atoms with Gasteiger partial charge in [0.15, 0.2) is 0 Å². The van der Waals surface area contributed by atoms with Gasteiger partial charge < -0.3 is 5.11 Å². The molecule has 1 N–H and O–H groups in total. The lowest BCUT2D eigenvalue weighted by atomic mass is 10.1. The molecule has 2 aromatic carbocycles. The van der Waals surface area contributed by atoms with Crippen LogP contribution in [0, 0.1) is 10.1 Å². The lowest BCUT2D eigenvalue weighted by molar-refractivity contribution is -0.385. The SMILES string of the molecule is O=C1S/C(=C\c2cc(Br)cc(Cl)c2O)C(=O)N1Cc1ccccc1[N+](=O)[O-]. The van der Waals surface area contributed by atoms with Crippen LogP contribution in [0.15, 0.2) is 45.8 Å². The Kier molecular flexibility index (Phi) is 5.54. The van der Waals surface area contributed by atoms with Gasteiger partial charge in [-0.05, 0) is 30.0 Å². The molecule has 27 heavy (non-hydrogen) atoms. The van der Waals surface area contributed by atoms with Gasteiger partial charge in [-0.1, -0.05) is 45.7 Å². The number of nitro groups is 1. The molecule has 3 rings (SSSR count). The topological polar surface area (TPSA) is 101 Å². The Labute approximate surface area is 170 Å². The number of phenolic OH excluding ortho intramolecular Hbond substituents is 1. The Morgan fingerprint density at radius 3 is 2.70 bits per heavy atom. The summed E-state index contributed by atoms with van der Waals surface area (Å²) in [6.07, 6.45) is 1.36. The van der Waals surface area contributed by atoms with Gasteiger partial charge in [-0.25, -0.2) is 0 Å². The molecule has 1 aliphatic heterocycles. The smallest absolute Gasteiger partial charge is 0.293 e. The first-order valence-corrected chi connectivity index (χ1v) is 9.42. The fourth-order valence-electron chi connectivity index (χ4n) is 2.47. The van der Waals surface area contributed by atoms with E-state index >= 15 is 0 Å². The molecule has 1 heterocycles. The molecule has 10 heteroatoms. The predicted octanol–water partition coefficient (Wildman–Crippen LogP) is 4.95. The van der Waals surface area contributed by atoms with Crippen molar-refractivity contribution in [2.45, 2.75) is 6.54 Å². The van der Waals surface area contributed by atoms with E-state index in [1.165, 1.54) is 30.3 Å². The van der Waals surface area contributed by atoms with Crippen LogP contribution in [0.4, 0.5) is 10.5 Å². The van der Waals surface area contributed by atoms with Crippen LogP contribution in [0.2, 0.25) is 5.02 Å². The number of phenols is 1. The molecule has 0 radical (unpaired) electrons. The summed E-state index contributed by atoms with van der Waals surface area (Å²) in [5.74, 6) is -0.816. The molecule has 0 atom stereocenters. The fourth-order valence-corrected chi connectivity index (χ4v) is 4.13. The number of carbonyl (C=O) groups is 2. The molecule has 1 aliphatic rings. The number of carbonyl (C=O) groups excluding carboxylic acids is 2. The minimum absolute atomic E-state index is 0.0862. The number of nitrogens with zero attached hydrogens (tertiary/aromatic N) is 2. The third-order valence-corrected chi connectivity index (χ3v) is 5.39. The maximum absolute atomic E-state index is 12.6. The molecule has 138 valence electrons. The zero-order valence-electron chi connectivity index (χ0n) is 13.4. The highest BCUT2D eigenvalue weighted by Gasteiger charge is 2.36. The van der Waals surface area contributed by atoms with Gasteiger partial charge in [0, 0.05) is 21.7 Å². The minimum Gasteiger partial charge on any atom is -0.506 e. The first-order chi connectivity index (χ1) is 12.8. The molecule has 1 saturated heterocycles. The summed E-state index contributed by atoms with van der Waals surface area (Å²) in [4.78, 5) is 36.4. The summed E-state index contributed by atoms with van der Waals surface area (Å²) in [6.45, 7) is -0.218. The monoisotopic (exact) mass is 468 g/mol. The number of halogens is 2. The number of hydrogen-bond acceptors (Lipinski definition) is 6. The molecule has 0 bridgehead atoms. The number of aromatic hydroxyl groups is 1. The maximum Gasteiger partial charge on any atom is 0.293 e. The summed E-state index contributed by atoms with van der Waals surface area (Å²) in [5, 5.41) is 20.7. The molecule has 0 spiro atoms. The zero-order chi connectivity index (χ0) is 19.7. The Morgan fingerprint density at radius 1 is 1.30 bits per heavy atom. The summed E-state index contributed by atoms with van der Waals surface area (Å²) >= 11 is 9.84. The third kappa shape index (κ3) is 4.00. The summed E-state index contributed by atoms with van der Waals surface area (Å²) in [5.41, 5.74) is 0.349. The first-order valence-electron chi connectivity index (χ1n) is 7.43. The number of rotatable bonds is 4. The zero-order valence-corrected chi connectivity index (χ0v) is 16.5. The van der Waals surface area contributed by atoms with Gasteiger partial charge >= 0.3 is 0 Å². The number of benzene rings is 2. The number of nitro benzene ring substituents is 1. The van der Waals surface area contributed by atoms with Crippen LogP contribution in [-0.4, -0.2) is 26.1 Å². The van der Waals surface area contributed by atoms with E-state index in [9.17, 15) is 24.8 Å². The summed E-state index contributed by atoms with van der Waals surface area (Å²) in [7, 11) is 0. The second-order valence-corrected chi connectivity index (χ2v) is 7.80. The van der Waals surface area contributed by atoms with Crippen LogP contribution in [-0.2, 0) is 11.3 Å². The molecule has 7 nitrogen and oxygen atoms in total. The van der Waals surface area contributed by atoms with E-state index in [2.05, 4.69) is 15.9 Å². The molecule has 0 aliphatic carbocycles. The van der Waals surface area contributed by atoms with Crippen LogP contribution in [0.3, 0.4) is 0 Å². The second-order valence-electron chi connectivity index (χ2n) is 5.48. The van der Waals surface area contributed by atoms with Gasteiger partial charge in [-0.15, -0.1) is 0 Å². The van der Waals surface area contributed by atoms with Gasteiger partial charge in [0.05, 0.1) is 21.4 Å². The first kappa shape index (κ1) is 19.4. The predicted molar refractivity (Wildman–Crippen MR) is 105 cm³/mol. The van der Waals surface area contributed by atoms with Gasteiger partial charge in [0.25, 0.3) is 16.8 Å². The molecule has 0 saturated carbocycles. The molecule has 0 aromatic heterocycles. The van der Waals surface area contributed by atoms with E-state index in [0.29, 0.717) is 16.2 Å². The second kappa shape index (κ2) is 7.71. The fraction of sp³-hybridized carbons (Fsp3) is 0.0588. The van der Waals surface area contributed by atoms with Crippen molar-refractivity contribution in [3.8, 4) is 5.75 Å². The van der Waals surface area contributed by atoms with Crippen LogP contribution >= 0.6 is 39.3 Å². The number of para-hydroxylation sites is 1. The van der Waals surface area contributed by atoms with Crippen LogP contribution in [0.25, 0.3) is 6.08 Å². The van der Waals surface area contributed by atoms with Gasteiger partial charge in [0.2, 0.25) is 0 Å². The number of hydrogen-bond donors (Lipinski definition) is 1. The van der Waals surface area contributed by atoms with E-state index in [0.717, 1.165) is 4.90 Å². The van der Waals surface area contributed by atoms with E-state index < -0.39 is 16.1 Å². The maximum atomic E-state index is 12.6. The summed E-state index contributed by atoms with van der Waals surface area (Å²) in [6, 6.07) is 8.95. The Balaban J connectivity index is 1.92. The van der Waals surface area contributed by atoms with Gasteiger partial charge in [-0.2, -0.15) is 0 Å². The molecule has 2 aromatic rings. The Hall–Kier alpha value is -2.36. The normalized spacial score (nSPS) is 15.6. The van der Waals surface area contributed by atoms with E-state index in [1.54, 1.807) is 12.1 Å². The highest BCUT2D eigenvalue weighted by atomic mass is 79.9. The van der Waals surface area contributed by atoms with E-state index in [1.807, 2.05) is 0 Å². The quantitative estimate of drug-likeness (QED) is 0.386. The summed E-state index contributed by atoms with van der Waals surface area (Å²) < 4.78 is 0.593. The molecular weight excluding hydrogens is 460 g/mol. The van der Waals surface area contributed by atoms with Crippen LogP contribution in [0.1, 0.15) is 11.1 Å². The largest absolute Gasteiger partial charge is 0.506 e. The Morgan fingerprint density at radius 2 is 2.00 bits per heavy atom. The van der Waals surface area contributed by atoms with Crippen molar-refractivity contribution in [3.63, 3.8) is 0 Å². The van der Waals surface area contributed by atoms with Crippen molar-refractivity contribution in [2.75, 3.05) is 0 Å². The number of thioether (sulfide) groups is 1. The average molecular weight is 470 g/mol. The number of amides is 2. The Bertz CT molecular complexity index is 1010. The van der Waals surface area contributed by atoms with Gasteiger partial charge in [0.1, 0.15) is 5.75 Å². The highest BCUT2D eigenvalue weighted by Crippen LogP contribution is 2.38. The average Bonchev–Trinajstić information content (AvgIpc) is 2.87. The van der Waals surface area contributed by atoms with Crippen LogP contribution < -0.4 is 0 Å². The molecule has 0 unspecified atom stereocenters. The molecule has 1 fully saturated rings. The lowest BCUT2D eigenvalue weighted by Gasteiger charge is -2.12. The van der Waals surface area contributed by atoms with Crippen molar-refractivity contribution in [2.24, 2.45) is 0 Å². The number of imide groups is 1. The highest BCUT2D eigenvalue weighted by molar-refractivity contribution is 9.10. The van der Waals surface area contributed by atoms with Crippen LogP contribution in [0.5, 0.6) is 5.75 Å². The van der Waals surface area contributed by atoms with Crippen molar-refractivity contribution >= 4 is 62.2 Å². The van der Waals surface area contributed by atoms with Crippen molar-refractivity contribution in [1.82, 2.24) is 4.90 Å². The molecule has 2 amide bonds. The van der Waals surface area contributed by atoms with Crippen molar-refractivity contribution in [1.29, 1.82) is 0 Å². The molecular formula is C17H10BrClN2O5S. The van der Waals surface area contributed by atoms with Crippen molar-refractivity contribution in [3.05, 3.63) is 72.0 Å².